The Hall–Kier alpha value is -0.120. The Morgan fingerprint density at radius 2 is 2.20 bits per heavy atom. The normalized spacial score (nSPS) is 23.2. The highest BCUT2D eigenvalue weighted by atomic mass is 15.2. The second kappa shape index (κ2) is 6.46. The van der Waals surface area contributed by atoms with Crippen molar-refractivity contribution >= 4 is 0 Å². The second-order valence-electron chi connectivity index (χ2n) is 5.29. The van der Waals surface area contributed by atoms with Gasteiger partial charge in [-0.05, 0) is 33.0 Å². The lowest BCUT2D eigenvalue weighted by molar-refractivity contribution is 0.271. The van der Waals surface area contributed by atoms with Crippen molar-refractivity contribution in [1.82, 2.24) is 15.1 Å². The van der Waals surface area contributed by atoms with E-state index in [2.05, 4.69) is 43.1 Å². The van der Waals surface area contributed by atoms with E-state index >= 15 is 0 Å². The minimum absolute atomic E-state index is 0.607. The molecule has 90 valence electrons. The molecule has 0 radical (unpaired) electrons. The van der Waals surface area contributed by atoms with E-state index in [4.69, 9.17) is 0 Å². The van der Waals surface area contributed by atoms with E-state index in [9.17, 15) is 0 Å². The summed E-state index contributed by atoms with van der Waals surface area (Å²) in [6, 6.07) is 0.607. The fraction of sp³-hybridized carbons (Fsp3) is 1.00. The van der Waals surface area contributed by atoms with Crippen LogP contribution in [-0.4, -0.2) is 62.7 Å². The number of nitrogens with zero attached hydrogens (tertiary/aromatic N) is 2. The SMILES string of the molecule is CC(C)NCCN(C)CC1CCN(C)C1. The molecule has 0 spiro atoms. The summed E-state index contributed by atoms with van der Waals surface area (Å²) in [5.74, 6) is 0.888. The molecule has 1 saturated heterocycles. The molecule has 0 aromatic heterocycles. The standard InChI is InChI=1S/C12H27N3/c1-11(2)13-6-8-15(4)10-12-5-7-14(3)9-12/h11-13H,5-10H2,1-4H3. The number of hydrogen-bond donors (Lipinski definition) is 1. The Kier molecular flexibility index (Phi) is 5.58. The summed E-state index contributed by atoms with van der Waals surface area (Å²) in [5, 5.41) is 3.46. The van der Waals surface area contributed by atoms with Crippen LogP contribution >= 0.6 is 0 Å². The van der Waals surface area contributed by atoms with E-state index in [0.29, 0.717) is 6.04 Å². The summed E-state index contributed by atoms with van der Waals surface area (Å²) in [4.78, 5) is 4.89. The molecule has 1 heterocycles. The molecule has 0 aromatic rings. The second-order valence-corrected chi connectivity index (χ2v) is 5.29. The first-order valence-corrected chi connectivity index (χ1v) is 6.18. The number of nitrogens with one attached hydrogen (secondary N) is 1. The Labute approximate surface area is 94.8 Å². The molecular formula is C12H27N3. The summed E-state index contributed by atoms with van der Waals surface area (Å²) < 4.78 is 0. The molecule has 1 rings (SSSR count). The summed E-state index contributed by atoms with van der Waals surface area (Å²) in [5.41, 5.74) is 0. The van der Waals surface area contributed by atoms with Crippen LogP contribution in [0.2, 0.25) is 0 Å². The average Bonchev–Trinajstić information content (AvgIpc) is 2.50. The molecule has 3 heteroatoms. The van der Waals surface area contributed by atoms with Crippen molar-refractivity contribution in [2.45, 2.75) is 26.3 Å². The molecule has 0 amide bonds. The van der Waals surface area contributed by atoms with Crippen LogP contribution in [0.1, 0.15) is 20.3 Å². The molecule has 0 aromatic carbocycles. The first-order valence-electron chi connectivity index (χ1n) is 6.18. The van der Waals surface area contributed by atoms with Crippen molar-refractivity contribution in [3.63, 3.8) is 0 Å². The van der Waals surface area contributed by atoms with Crippen LogP contribution in [0.3, 0.4) is 0 Å². The molecule has 0 bridgehead atoms. The monoisotopic (exact) mass is 213 g/mol. The molecular weight excluding hydrogens is 186 g/mol. The molecule has 1 aliphatic heterocycles. The Bertz CT molecular complexity index is 170. The maximum Gasteiger partial charge on any atom is 0.0104 e. The average molecular weight is 213 g/mol. The molecule has 1 fully saturated rings. The zero-order valence-corrected chi connectivity index (χ0v) is 10.8. The molecule has 1 N–H and O–H groups in total. The van der Waals surface area contributed by atoms with Crippen molar-refractivity contribution < 1.29 is 0 Å². The minimum atomic E-state index is 0.607. The van der Waals surface area contributed by atoms with Crippen LogP contribution in [-0.2, 0) is 0 Å². The maximum atomic E-state index is 3.46. The van der Waals surface area contributed by atoms with Gasteiger partial charge in [-0.25, -0.2) is 0 Å². The van der Waals surface area contributed by atoms with Crippen LogP contribution < -0.4 is 5.32 Å². The van der Waals surface area contributed by atoms with Gasteiger partial charge in [-0.3, -0.25) is 0 Å². The summed E-state index contributed by atoms with van der Waals surface area (Å²) in [6.45, 7) is 10.5. The number of likely N-dealkylation sites (tertiary alicyclic amines) is 1. The highest BCUT2D eigenvalue weighted by molar-refractivity contribution is 4.75. The molecule has 1 aliphatic rings. The van der Waals surface area contributed by atoms with Crippen molar-refractivity contribution in [2.24, 2.45) is 5.92 Å². The highest BCUT2D eigenvalue weighted by Crippen LogP contribution is 2.14. The maximum absolute atomic E-state index is 3.46. The van der Waals surface area contributed by atoms with Crippen LogP contribution in [0.5, 0.6) is 0 Å². The van der Waals surface area contributed by atoms with E-state index in [1.165, 1.54) is 32.6 Å². The molecule has 1 unspecified atom stereocenters. The van der Waals surface area contributed by atoms with Gasteiger partial charge in [0.2, 0.25) is 0 Å². The summed E-state index contributed by atoms with van der Waals surface area (Å²) >= 11 is 0. The van der Waals surface area contributed by atoms with Crippen molar-refractivity contribution in [1.29, 1.82) is 0 Å². The van der Waals surface area contributed by atoms with Gasteiger partial charge < -0.3 is 15.1 Å². The number of hydrogen-bond acceptors (Lipinski definition) is 3. The predicted octanol–water partition coefficient (Wildman–Crippen LogP) is 0.868. The van der Waals surface area contributed by atoms with Crippen LogP contribution in [0.15, 0.2) is 0 Å². The van der Waals surface area contributed by atoms with Crippen LogP contribution in [0.25, 0.3) is 0 Å². The molecule has 0 aliphatic carbocycles. The fourth-order valence-corrected chi connectivity index (χ4v) is 2.25. The fourth-order valence-electron chi connectivity index (χ4n) is 2.25. The lowest BCUT2D eigenvalue weighted by atomic mass is 10.1. The topological polar surface area (TPSA) is 18.5 Å². The zero-order chi connectivity index (χ0) is 11.3. The van der Waals surface area contributed by atoms with Crippen molar-refractivity contribution in [2.75, 3.05) is 46.8 Å². The largest absolute Gasteiger partial charge is 0.313 e. The van der Waals surface area contributed by atoms with Gasteiger partial charge in [0.05, 0.1) is 0 Å². The summed E-state index contributed by atoms with van der Waals surface area (Å²) in [6.07, 6.45) is 1.37. The van der Waals surface area contributed by atoms with Crippen molar-refractivity contribution in [3.05, 3.63) is 0 Å². The first kappa shape index (κ1) is 12.9. The van der Waals surface area contributed by atoms with Crippen LogP contribution in [0, 0.1) is 5.92 Å². The van der Waals surface area contributed by atoms with E-state index < -0.39 is 0 Å². The van der Waals surface area contributed by atoms with Gasteiger partial charge in [0.15, 0.2) is 0 Å². The molecule has 1 atom stereocenters. The van der Waals surface area contributed by atoms with Gasteiger partial charge in [-0.1, -0.05) is 13.8 Å². The minimum Gasteiger partial charge on any atom is -0.313 e. The Morgan fingerprint density at radius 3 is 2.73 bits per heavy atom. The third-order valence-corrected chi connectivity index (χ3v) is 3.10. The molecule has 3 nitrogen and oxygen atoms in total. The number of rotatable bonds is 6. The highest BCUT2D eigenvalue weighted by Gasteiger charge is 2.20. The first-order chi connectivity index (χ1) is 7.08. The van der Waals surface area contributed by atoms with E-state index in [-0.39, 0.29) is 0 Å². The van der Waals surface area contributed by atoms with E-state index in [1.807, 2.05) is 0 Å². The smallest absolute Gasteiger partial charge is 0.0104 e. The number of likely N-dealkylation sites (N-methyl/N-ethyl adjacent to an activating group) is 1. The lowest BCUT2D eigenvalue weighted by Crippen LogP contribution is -2.35. The van der Waals surface area contributed by atoms with Gasteiger partial charge in [-0.2, -0.15) is 0 Å². The van der Waals surface area contributed by atoms with Crippen LogP contribution in [0.4, 0.5) is 0 Å². The van der Waals surface area contributed by atoms with E-state index in [1.54, 1.807) is 0 Å². The summed E-state index contributed by atoms with van der Waals surface area (Å²) in [7, 11) is 4.46. The quantitative estimate of drug-likeness (QED) is 0.706. The van der Waals surface area contributed by atoms with Gasteiger partial charge in [0.25, 0.3) is 0 Å². The third kappa shape index (κ3) is 5.50. The molecule has 15 heavy (non-hydrogen) atoms. The zero-order valence-electron chi connectivity index (χ0n) is 10.8. The third-order valence-electron chi connectivity index (χ3n) is 3.10. The van der Waals surface area contributed by atoms with Gasteiger partial charge >= 0.3 is 0 Å². The lowest BCUT2D eigenvalue weighted by Gasteiger charge is -2.21. The van der Waals surface area contributed by atoms with Crippen molar-refractivity contribution in [3.8, 4) is 0 Å². The van der Waals surface area contributed by atoms with Gasteiger partial charge in [0.1, 0.15) is 0 Å². The van der Waals surface area contributed by atoms with Gasteiger partial charge in [-0.15, -0.1) is 0 Å². The molecule has 0 saturated carbocycles. The Morgan fingerprint density at radius 1 is 1.47 bits per heavy atom. The van der Waals surface area contributed by atoms with E-state index in [0.717, 1.165) is 12.5 Å². The Balaban J connectivity index is 2.05. The van der Waals surface area contributed by atoms with Gasteiger partial charge in [0, 0.05) is 32.2 Å². The predicted molar refractivity (Wildman–Crippen MR) is 66.2 cm³/mol.